The van der Waals surface area contributed by atoms with Gasteiger partial charge in [-0.1, -0.05) is 55.3 Å². The van der Waals surface area contributed by atoms with Crippen LogP contribution in [0.3, 0.4) is 0 Å². The zero-order valence-electron chi connectivity index (χ0n) is 20.0. The van der Waals surface area contributed by atoms with Crippen LogP contribution in [0, 0.1) is 5.92 Å². The number of carbonyl (C=O) groups is 1. The largest absolute Gasteiger partial charge is 0.369 e. The number of nitrogens with one attached hydrogen (secondary N) is 1. The molecule has 164 valence electrons. The van der Waals surface area contributed by atoms with Gasteiger partial charge < -0.3 is 5.32 Å². The highest BCUT2D eigenvalue weighted by molar-refractivity contribution is 5.87. The Morgan fingerprint density at radius 1 is 1.17 bits per heavy atom. The van der Waals surface area contributed by atoms with Crippen LogP contribution in [0.1, 0.15) is 79.7 Å². The summed E-state index contributed by atoms with van der Waals surface area (Å²) in [4.78, 5) is 15.7. The number of hydrogen-bond acceptors (Lipinski definition) is 3. The molecule has 1 aromatic rings. The van der Waals surface area contributed by atoms with E-state index in [1.54, 1.807) is 0 Å². The highest BCUT2D eigenvalue weighted by Crippen LogP contribution is 2.54. The Morgan fingerprint density at radius 3 is 2.50 bits per heavy atom. The fourth-order valence-electron chi connectivity index (χ4n) is 5.33. The maximum absolute atomic E-state index is 13.2. The van der Waals surface area contributed by atoms with Gasteiger partial charge in [0.1, 0.15) is 0 Å². The summed E-state index contributed by atoms with van der Waals surface area (Å²) in [5.41, 5.74) is 5.40. The van der Waals surface area contributed by atoms with Gasteiger partial charge in [-0.3, -0.25) is 9.69 Å². The molecule has 0 bridgehead atoms. The van der Waals surface area contributed by atoms with Crippen molar-refractivity contribution in [3.05, 3.63) is 53.1 Å². The summed E-state index contributed by atoms with van der Waals surface area (Å²) in [6, 6.07) is 9.02. The summed E-state index contributed by atoms with van der Waals surface area (Å²) in [7, 11) is 0. The molecule has 30 heavy (non-hydrogen) atoms. The number of benzene rings is 1. The molecule has 1 aromatic carbocycles. The first-order valence-electron chi connectivity index (χ1n) is 11.6. The lowest BCUT2D eigenvalue weighted by molar-refractivity contribution is -0.127. The number of allylic oxidation sites excluding steroid dienone is 4. The molecule has 0 spiro atoms. The molecule has 2 heterocycles. The Balaban J connectivity index is 1.96. The van der Waals surface area contributed by atoms with Gasteiger partial charge in [0.15, 0.2) is 5.78 Å². The maximum atomic E-state index is 13.2. The summed E-state index contributed by atoms with van der Waals surface area (Å²) in [5, 5.41) is 3.81. The van der Waals surface area contributed by atoms with Crippen LogP contribution in [0.2, 0.25) is 0 Å². The van der Waals surface area contributed by atoms with Crippen molar-refractivity contribution in [1.29, 1.82) is 0 Å². The van der Waals surface area contributed by atoms with Crippen molar-refractivity contribution in [3.8, 4) is 0 Å². The molecule has 3 atom stereocenters. The Kier molecular flexibility index (Phi) is 6.91. The molecule has 0 amide bonds. The zero-order chi connectivity index (χ0) is 22.1. The molecule has 1 fully saturated rings. The fourth-order valence-corrected chi connectivity index (χ4v) is 5.33. The minimum absolute atomic E-state index is 0.0183. The van der Waals surface area contributed by atoms with Crippen molar-refractivity contribution in [1.82, 2.24) is 4.90 Å². The summed E-state index contributed by atoms with van der Waals surface area (Å²) in [6.45, 7) is 15.1. The number of Topliss-reactive ketones (excluding diaryl/α,β-unsaturated/α-hetero) is 1. The number of likely N-dealkylation sites (tertiary alicyclic amines) is 1. The smallest absolute Gasteiger partial charge is 0.152 e. The molecule has 0 radical (unpaired) electrons. The number of ketones is 1. The SMILES string of the molecule is CC(C)=CCC/C(C)=C/C[C@@]12CC(C(=O)C(C)C)N(C(C)C)[C@@H]1Nc1ccccc12. The standard InChI is InChI=1S/C27H40N2O/c1-18(2)11-10-12-21(7)15-16-27-17-24(25(30)19(3)4)29(20(5)6)26(27)28-23-14-9-8-13-22(23)27/h8-9,11,13-15,19-20,24,26,28H,10,12,16-17H2,1-7H3/b21-15+/t24?,26-,27-/m0/s1. The quantitative estimate of drug-likeness (QED) is 0.501. The van der Waals surface area contributed by atoms with E-state index in [0.717, 1.165) is 25.7 Å². The van der Waals surface area contributed by atoms with Crippen LogP contribution in [0.15, 0.2) is 47.6 Å². The molecule has 0 saturated carbocycles. The summed E-state index contributed by atoms with van der Waals surface area (Å²) in [5.74, 6) is 0.435. The van der Waals surface area contributed by atoms with Crippen LogP contribution in [-0.2, 0) is 10.2 Å². The molecule has 0 aliphatic carbocycles. The van der Waals surface area contributed by atoms with Crippen molar-refractivity contribution < 1.29 is 4.79 Å². The van der Waals surface area contributed by atoms with E-state index in [0.29, 0.717) is 11.8 Å². The lowest BCUT2D eigenvalue weighted by Crippen LogP contribution is -2.50. The van der Waals surface area contributed by atoms with Crippen LogP contribution >= 0.6 is 0 Å². The fraction of sp³-hybridized carbons (Fsp3) is 0.593. The first kappa shape index (κ1) is 22.8. The number of fused-ring (bicyclic) bond motifs is 3. The topological polar surface area (TPSA) is 32.3 Å². The summed E-state index contributed by atoms with van der Waals surface area (Å²) in [6.07, 6.45) is 9.01. The molecule has 3 heteroatoms. The summed E-state index contributed by atoms with van der Waals surface area (Å²) >= 11 is 0. The highest BCUT2D eigenvalue weighted by Gasteiger charge is 2.58. The lowest BCUT2D eigenvalue weighted by atomic mass is 9.74. The molecule has 1 unspecified atom stereocenters. The van der Waals surface area contributed by atoms with E-state index in [2.05, 4.69) is 81.3 Å². The molecule has 1 saturated heterocycles. The van der Waals surface area contributed by atoms with Crippen molar-refractivity contribution in [2.24, 2.45) is 5.92 Å². The van der Waals surface area contributed by atoms with Gasteiger partial charge in [0.05, 0.1) is 12.2 Å². The molecule has 2 aliphatic rings. The minimum Gasteiger partial charge on any atom is -0.369 e. The van der Waals surface area contributed by atoms with Gasteiger partial charge in [0.25, 0.3) is 0 Å². The van der Waals surface area contributed by atoms with Gasteiger partial charge in [0, 0.05) is 23.1 Å². The predicted molar refractivity (Wildman–Crippen MR) is 128 cm³/mol. The second-order valence-corrected chi connectivity index (χ2v) is 10.1. The minimum atomic E-state index is -0.0478. The number of carbonyl (C=O) groups excluding carboxylic acids is 1. The van der Waals surface area contributed by atoms with E-state index in [4.69, 9.17) is 0 Å². The molecular weight excluding hydrogens is 368 g/mol. The van der Waals surface area contributed by atoms with E-state index in [9.17, 15) is 4.79 Å². The van der Waals surface area contributed by atoms with Gasteiger partial charge in [-0.05, 0) is 71.9 Å². The van der Waals surface area contributed by atoms with Crippen LogP contribution in [-0.4, -0.2) is 28.9 Å². The monoisotopic (exact) mass is 408 g/mol. The third-order valence-electron chi connectivity index (χ3n) is 6.89. The normalized spacial score (nSPS) is 26.0. The van der Waals surface area contributed by atoms with E-state index in [-0.39, 0.29) is 23.5 Å². The number of rotatable bonds is 8. The van der Waals surface area contributed by atoms with Gasteiger partial charge in [0.2, 0.25) is 0 Å². The van der Waals surface area contributed by atoms with Crippen LogP contribution in [0.4, 0.5) is 5.69 Å². The average molecular weight is 409 g/mol. The molecule has 0 aromatic heterocycles. The number of hydrogen-bond donors (Lipinski definition) is 1. The third-order valence-corrected chi connectivity index (χ3v) is 6.89. The molecule has 3 rings (SSSR count). The van der Waals surface area contributed by atoms with Crippen LogP contribution in [0.5, 0.6) is 0 Å². The number of anilines is 1. The number of nitrogens with zero attached hydrogens (tertiary/aromatic N) is 1. The van der Waals surface area contributed by atoms with E-state index in [1.807, 2.05) is 13.8 Å². The Morgan fingerprint density at radius 2 is 1.87 bits per heavy atom. The molecular formula is C27H40N2O. The predicted octanol–water partition coefficient (Wildman–Crippen LogP) is 6.47. The first-order chi connectivity index (χ1) is 14.2. The van der Waals surface area contributed by atoms with Crippen molar-refractivity contribution in [2.75, 3.05) is 5.32 Å². The Hall–Kier alpha value is -1.87. The average Bonchev–Trinajstić information content (AvgIpc) is 3.16. The molecule has 1 N–H and O–H groups in total. The first-order valence-corrected chi connectivity index (χ1v) is 11.6. The van der Waals surface area contributed by atoms with Crippen LogP contribution in [0.25, 0.3) is 0 Å². The molecule has 3 nitrogen and oxygen atoms in total. The van der Waals surface area contributed by atoms with Gasteiger partial charge in [-0.15, -0.1) is 0 Å². The number of para-hydroxylation sites is 1. The van der Waals surface area contributed by atoms with Gasteiger partial charge in [-0.25, -0.2) is 0 Å². The van der Waals surface area contributed by atoms with Gasteiger partial charge >= 0.3 is 0 Å². The zero-order valence-corrected chi connectivity index (χ0v) is 20.0. The second-order valence-electron chi connectivity index (χ2n) is 10.1. The van der Waals surface area contributed by atoms with Crippen molar-refractivity contribution >= 4 is 11.5 Å². The van der Waals surface area contributed by atoms with Gasteiger partial charge in [-0.2, -0.15) is 0 Å². The van der Waals surface area contributed by atoms with E-state index in [1.165, 1.54) is 22.4 Å². The molecule has 2 aliphatic heterocycles. The Labute approximate surface area is 183 Å². The Bertz CT molecular complexity index is 831. The van der Waals surface area contributed by atoms with Crippen LogP contribution < -0.4 is 5.32 Å². The lowest BCUT2D eigenvalue weighted by Gasteiger charge is -2.36. The van der Waals surface area contributed by atoms with E-state index >= 15 is 0 Å². The second kappa shape index (κ2) is 9.09. The van der Waals surface area contributed by atoms with Crippen molar-refractivity contribution in [3.63, 3.8) is 0 Å². The summed E-state index contributed by atoms with van der Waals surface area (Å²) < 4.78 is 0. The highest BCUT2D eigenvalue weighted by atomic mass is 16.1. The third kappa shape index (κ3) is 4.27. The maximum Gasteiger partial charge on any atom is 0.152 e. The van der Waals surface area contributed by atoms with E-state index < -0.39 is 0 Å². The van der Waals surface area contributed by atoms with Crippen molar-refractivity contribution in [2.45, 2.75) is 97.8 Å².